The molecule has 0 bridgehead atoms. The molecule has 2 atom stereocenters. The molecule has 1 heterocycles. The van der Waals surface area contributed by atoms with Crippen LogP contribution in [0.25, 0.3) is 0 Å². The van der Waals surface area contributed by atoms with E-state index in [2.05, 4.69) is 47.9 Å². The van der Waals surface area contributed by atoms with Gasteiger partial charge in [-0.15, -0.1) is 0 Å². The van der Waals surface area contributed by atoms with E-state index in [1.165, 1.54) is 44.3 Å². The Bertz CT molecular complexity index is 391. The summed E-state index contributed by atoms with van der Waals surface area (Å²) >= 11 is 4.48. The predicted molar refractivity (Wildman–Crippen MR) is 80.0 cm³/mol. The molecule has 1 aliphatic heterocycles. The van der Waals surface area contributed by atoms with Crippen LogP contribution in [0.4, 0.5) is 0 Å². The summed E-state index contributed by atoms with van der Waals surface area (Å²) in [7, 11) is 0. The highest BCUT2D eigenvalue weighted by Gasteiger charge is 2.43. The lowest BCUT2D eigenvalue weighted by Gasteiger charge is -2.24. The van der Waals surface area contributed by atoms with Crippen LogP contribution in [0.3, 0.4) is 0 Å². The van der Waals surface area contributed by atoms with E-state index in [-0.39, 0.29) is 0 Å². The molecular weight excluding hydrogens is 238 g/mol. The maximum atomic E-state index is 4.48. The van der Waals surface area contributed by atoms with Crippen LogP contribution in [0.15, 0.2) is 30.3 Å². The monoisotopic (exact) mass is 261 g/mol. The maximum absolute atomic E-state index is 4.48. The van der Waals surface area contributed by atoms with Crippen molar-refractivity contribution >= 4 is 12.6 Å². The normalized spacial score (nSPS) is 32.4. The number of likely N-dealkylation sites (tertiary alicyclic amines) is 1. The molecule has 1 aromatic carbocycles. The van der Waals surface area contributed by atoms with Gasteiger partial charge in [-0.25, -0.2) is 0 Å². The van der Waals surface area contributed by atoms with Gasteiger partial charge >= 0.3 is 0 Å². The van der Waals surface area contributed by atoms with Crippen LogP contribution >= 0.6 is 12.6 Å². The first kappa shape index (κ1) is 12.6. The van der Waals surface area contributed by atoms with E-state index < -0.39 is 0 Å². The fourth-order valence-corrected chi connectivity index (χ4v) is 4.17. The summed E-state index contributed by atoms with van der Waals surface area (Å²) in [6.07, 6.45) is 5.66. The van der Waals surface area contributed by atoms with Crippen molar-refractivity contribution < 1.29 is 0 Å². The van der Waals surface area contributed by atoms with Crippen LogP contribution in [0.5, 0.6) is 0 Å². The Morgan fingerprint density at radius 2 is 2.06 bits per heavy atom. The van der Waals surface area contributed by atoms with Gasteiger partial charge in [-0.05, 0) is 54.9 Å². The number of thiol groups is 1. The minimum Gasteiger partial charge on any atom is -0.299 e. The van der Waals surface area contributed by atoms with E-state index >= 15 is 0 Å². The van der Waals surface area contributed by atoms with Gasteiger partial charge in [-0.2, -0.15) is 12.6 Å². The summed E-state index contributed by atoms with van der Waals surface area (Å²) < 4.78 is 0. The molecule has 1 nitrogen and oxygen atoms in total. The third-order valence-electron chi connectivity index (χ3n) is 4.83. The van der Waals surface area contributed by atoms with E-state index in [1.807, 2.05) is 0 Å². The molecule has 1 spiro atoms. The molecule has 18 heavy (non-hydrogen) atoms. The lowest BCUT2D eigenvalue weighted by Crippen LogP contribution is -2.25. The number of hydrogen-bond acceptors (Lipinski definition) is 2. The van der Waals surface area contributed by atoms with Crippen LogP contribution in [0.1, 0.15) is 31.2 Å². The molecule has 2 heteroatoms. The average Bonchev–Trinajstić information content (AvgIpc) is 2.99. The minimum absolute atomic E-state index is 0.641. The molecule has 2 fully saturated rings. The van der Waals surface area contributed by atoms with Gasteiger partial charge in [0, 0.05) is 13.1 Å². The Kier molecular flexibility index (Phi) is 3.67. The first-order valence-electron chi connectivity index (χ1n) is 7.17. The molecular formula is C16H23NS. The number of benzene rings is 1. The first-order chi connectivity index (χ1) is 8.80. The topological polar surface area (TPSA) is 3.24 Å². The highest BCUT2D eigenvalue weighted by Crippen LogP contribution is 2.48. The number of hydrogen-bond donors (Lipinski definition) is 1. The zero-order chi connectivity index (χ0) is 12.4. The van der Waals surface area contributed by atoms with Crippen LogP contribution in [-0.4, -0.2) is 23.7 Å². The molecule has 98 valence electrons. The molecule has 1 saturated carbocycles. The molecule has 3 rings (SSSR count). The van der Waals surface area contributed by atoms with Gasteiger partial charge in [0.1, 0.15) is 0 Å². The van der Waals surface area contributed by atoms with Gasteiger partial charge in [-0.3, -0.25) is 4.90 Å². The number of rotatable bonds is 3. The molecule has 1 aromatic rings. The quantitative estimate of drug-likeness (QED) is 0.814. The second kappa shape index (κ2) is 5.26. The maximum Gasteiger partial charge on any atom is 0.0233 e. The molecule has 1 aliphatic carbocycles. The van der Waals surface area contributed by atoms with E-state index in [0.29, 0.717) is 5.41 Å². The van der Waals surface area contributed by atoms with Crippen molar-refractivity contribution in [2.24, 2.45) is 11.3 Å². The minimum atomic E-state index is 0.641. The van der Waals surface area contributed by atoms with Gasteiger partial charge in [-0.1, -0.05) is 30.3 Å². The highest BCUT2D eigenvalue weighted by atomic mass is 32.1. The van der Waals surface area contributed by atoms with E-state index in [1.54, 1.807) is 0 Å². The lowest BCUT2D eigenvalue weighted by atomic mass is 9.85. The van der Waals surface area contributed by atoms with Gasteiger partial charge < -0.3 is 0 Å². The van der Waals surface area contributed by atoms with Crippen molar-refractivity contribution in [2.75, 3.05) is 18.8 Å². The van der Waals surface area contributed by atoms with Gasteiger partial charge in [0.25, 0.3) is 0 Å². The predicted octanol–water partition coefficient (Wildman–Crippen LogP) is 3.61. The summed E-state index contributed by atoms with van der Waals surface area (Å²) in [4.78, 5) is 2.65. The molecule has 0 amide bonds. The molecule has 0 aromatic heterocycles. The Labute approximate surface area is 116 Å². The SMILES string of the molecule is SC[C@@H]1CC[C@]2(CCN(Cc3ccccc3)C2)C1. The summed E-state index contributed by atoms with van der Waals surface area (Å²) in [6.45, 7) is 3.73. The van der Waals surface area contributed by atoms with E-state index in [0.717, 1.165) is 18.2 Å². The zero-order valence-corrected chi connectivity index (χ0v) is 11.9. The van der Waals surface area contributed by atoms with Crippen molar-refractivity contribution in [2.45, 2.75) is 32.2 Å². The van der Waals surface area contributed by atoms with Crippen LogP contribution < -0.4 is 0 Å². The molecule has 2 aliphatic rings. The Morgan fingerprint density at radius 1 is 1.22 bits per heavy atom. The standard InChI is InChI=1S/C16H23NS/c18-12-15-6-7-16(10-15)8-9-17(13-16)11-14-4-2-1-3-5-14/h1-5,15,18H,6-13H2/t15-,16+/m1/s1. The fourth-order valence-electron chi connectivity index (χ4n) is 3.86. The van der Waals surface area contributed by atoms with Crippen LogP contribution in [-0.2, 0) is 6.54 Å². The number of nitrogens with zero attached hydrogens (tertiary/aromatic N) is 1. The van der Waals surface area contributed by atoms with Crippen molar-refractivity contribution in [1.29, 1.82) is 0 Å². The van der Waals surface area contributed by atoms with Gasteiger partial charge in [0.05, 0.1) is 0 Å². The van der Waals surface area contributed by atoms with Gasteiger partial charge in [0.15, 0.2) is 0 Å². The summed E-state index contributed by atoms with van der Waals surface area (Å²) in [5.41, 5.74) is 2.10. The molecule has 0 N–H and O–H groups in total. The van der Waals surface area contributed by atoms with E-state index in [4.69, 9.17) is 0 Å². The highest BCUT2D eigenvalue weighted by molar-refractivity contribution is 7.80. The first-order valence-corrected chi connectivity index (χ1v) is 7.80. The van der Waals surface area contributed by atoms with Crippen molar-refractivity contribution in [1.82, 2.24) is 4.90 Å². The van der Waals surface area contributed by atoms with Crippen LogP contribution in [0.2, 0.25) is 0 Å². The smallest absolute Gasteiger partial charge is 0.0233 e. The summed E-state index contributed by atoms with van der Waals surface area (Å²) in [5.74, 6) is 1.96. The molecule has 0 unspecified atom stereocenters. The third-order valence-corrected chi connectivity index (χ3v) is 5.35. The third kappa shape index (κ3) is 2.60. The van der Waals surface area contributed by atoms with Crippen molar-refractivity contribution in [3.8, 4) is 0 Å². The molecule has 0 radical (unpaired) electrons. The van der Waals surface area contributed by atoms with E-state index in [9.17, 15) is 0 Å². The Balaban J connectivity index is 1.59. The van der Waals surface area contributed by atoms with Crippen LogP contribution in [0, 0.1) is 11.3 Å². The van der Waals surface area contributed by atoms with Gasteiger partial charge in [0.2, 0.25) is 0 Å². The summed E-state index contributed by atoms with van der Waals surface area (Å²) in [6, 6.07) is 10.9. The fraction of sp³-hybridized carbons (Fsp3) is 0.625. The Morgan fingerprint density at radius 3 is 2.78 bits per heavy atom. The molecule has 1 saturated heterocycles. The average molecular weight is 261 g/mol. The largest absolute Gasteiger partial charge is 0.299 e. The van der Waals surface area contributed by atoms with Crippen molar-refractivity contribution in [3.05, 3.63) is 35.9 Å². The zero-order valence-electron chi connectivity index (χ0n) is 11.0. The van der Waals surface area contributed by atoms with Crippen molar-refractivity contribution in [3.63, 3.8) is 0 Å². The second-order valence-corrected chi connectivity index (χ2v) is 6.60. The Hall–Kier alpha value is -0.470. The second-order valence-electron chi connectivity index (χ2n) is 6.24. The lowest BCUT2D eigenvalue weighted by molar-refractivity contribution is 0.251. The summed E-state index contributed by atoms with van der Waals surface area (Å²) in [5, 5.41) is 0.